The van der Waals surface area contributed by atoms with Crippen molar-refractivity contribution in [3.8, 4) is 0 Å². The fraction of sp³-hybridized carbons (Fsp3) is 0.417. The number of thioether (sulfide) groups is 1. The van der Waals surface area contributed by atoms with Gasteiger partial charge in [-0.25, -0.2) is 4.98 Å². The van der Waals surface area contributed by atoms with E-state index in [1.807, 2.05) is 36.0 Å². The SMILES string of the molecule is c1ccc2nc(NC3CCSCC3)nnc2c1. The van der Waals surface area contributed by atoms with Crippen LogP contribution in [0.25, 0.3) is 11.0 Å². The molecule has 1 N–H and O–H groups in total. The number of rotatable bonds is 2. The largest absolute Gasteiger partial charge is 0.350 e. The molecular formula is C12H14N4S. The van der Waals surface area contributed by atoms with Gasteiger partial charge < -0.3 is 5.32 Å². The Morgan fingerprint density at radius 1 is 1.06 bits per heavy atom. The number of hydrogen-bond acceptors (Lipinski definition) is 5. The summed E-state index contributed by atoms with van der Waals surface area (Å²) in [5, 5.41) is 11.7. The Hall–Kier alpha value is -1.36. The third-order valence-electron chi connectivity index (χ3n) is 2.92. The minimum atomic E-state index is 0.499. The van der Waals surface area contributed by atoms with Gasteiger partial charge in [0, 0.05) is 6.04 Å². The summed E-state index contributed by atoms with van der Waals surface area (Å²) in [6, 6.07) is 8.31. The highest BCUT2D eigenvalue weighted by Gasteiger charge is 2.14. The molecule has 0 amide bonds. The molecule has 5 heteroatoms. The Kier molecular flexibility index (Phi) is 3.09. The predicted octanol–water partition coefficient (Wildman–Crippen LogP) is 2.33. The molecule has 0 unspecified atom stereocenters. The summed E-state index contributed by atoms with van der Waals surface area (Å²) in [6.07, 6.45) is 2.36. The zero-order valence-corrected chi connectivity index (χ0v) is 10.3. The maximum atomic E-state index is 4.48. The predicted molar refractivity (Wildman–Crippen MR) is 71.3 cm³/mol. The quantitative estimate of drug-likeness (QED) is 0.881. The van der Waals surface area contributed by atoms with Crippen molar-refractivity contribution in [3.05, 3.63) is 24.3 Å². The molecule has 4 nitrogen and oxygen atoms in total. The van der Waals surface area contributed by atoms with E-state index in [2.05, 4.69) is 20.5 Å². The normalized spacial score (nSPS) is 17.2. The van der Waals surface area contributed by atoms with Crippen molar-refractivity contribution in [1.82, 2.24) is 15.2 Å². The van der Waals surface area contributed by atoms with E-state index in [0.717, 1.165) is 11.0 Å². The lowest BCUT2D eigenvalue weighted by Gasteiger charge is -2.22. The van der Waals surface area contributed by atoms with E-state index < -0.39 is 0 Å². The highest BCUT2D eigenvalue weighted by atomic mass is 32.2. The van der Waals surface area contributed by atoms with Crippen LogP contribution in [0.15, 0.2) is 24.3 Å². The van der Waals surface area contributed by atoms with Crippen LogP contribution in [0.2, 0.25) is 0 Å². The first-order valence-electron chi connectivity index (χ1n) is 5.85. The average molecular weight is 246 g/mol. The van der Waals surface area contributed by atoms with Crippen LogP contribution in [0.5, 0.6) is 0 Å². The minimum absolute atomic E-state index is 0.499. The molecule has 1 aliphatic rings. The van der Waals surface area contributed by atoms with Crippen LogP contribution in [0.3, 0.4) is 0 Å². The molecule has 0 bridgehead atoms. The molecule has 0 aliphatic carbocycles. The number of nitrogens with one attached hydrogen (secondary N) is 1. The topological polar surface area (TPSA) is 50.7 Å². The second-order valence-electron chi connectivity index (χ2n) is 4.16. The Morgan fingerprint density at radius 2 is 1.82 bits per heavy atom. The molecule has 0 radical (unpaired) electrons. The zero-order chi connectivity index (χ0) is 11.5. The summed E-state index contributed by atoms with van der Waals surface area (Å²) in [4.78, 5) is 4.48. The number of aromatic nitrogens is 3. The van der Waals surface area contributed by atoms with E-state index in [1.165, 1.54) is 24.3 Å². The van der Waals surface area contributed by atoms with Crippen molar-refractivity contribution in [1.29, 1.82) is 0 Å². The molecule has 1 aromatic carbocycles. The number of para-hydroxylation sites is 1. The number of fused-ring (bicyclic) bond motifs is 1. The van der Waals surface area contributed by atoms with E-state index in [9.17, 15) is 0 Å². The summed E-state index contributed by atoms with van der Waals surface area (Å²) in [6.45, 7) is 0. The summed E-state index contributed by atoms with van der Waals surface area (Å²) in [5.74, 6) is 3.10. The maximum Gasteiger partial charge on any atom is 0.243 e. The van der Waals surface area contributed by atoms with Crippen molar-refractivity contribution < 1.29 is 0 Å². The third-order valence-corrected chi connectivity index (χ3v) is 3.96. The highest BCUT2D eigenvalue weighted by molar-refractivity contribution is 7.99. The lowest BCUT2D eigenvalue weighted by atomic mass is 10.2. The van der Waals surface area contributed by atoms with Crippen LogP contribution >= 0.6 is 11.8 Å². The van der Waals surface area contributed by atoms with Gasteiger partial charge >= 0.3 is 0 Å². The Labute approximate surface area is 104 Å². The van der Waals surface area contributed by atoms with Gasteiger partial charge in [0.15, 0.2) is 0 Å². The minimum Gasteiger partial charge on any atom is -0.350 e. The Morgan fingerprint density at radius 3 is 2.65 bits per heavy atom. The maximum absolute atomic E-state index is 4.48. The van der Waals surface area contributed by atoms with Gasteiger partial charge in [-0.15, -0.1) is 10.2 Å². The van der Waals surface area contributed by atoms with Crippen molar-refractivity contribution in [2.24, 2.45) is 0 Å². The molecule has 17 heavy (non-hydrogen) atoms. The standard InChI is InChI=1S/C12H14N4S/c1-2-4-11-10(3-1)14-12(16-15-11)13-9-5-7-17-8-6-9/h1-4,9H,5-8H2,(H,13,14,16). The van der Waals surface area contributed by atoms with Gasteiger partial charge in [-0.05, 0) is 36.5 Å². The molecule has 1 saturated heterocycles. The van der Waals surface area contributed by atoms with Gasteiger partial charge in [-0.1, -0.05) is 12.1 Å². The molecule has 1 fully saturated rings. The number of hydrogen-bond donors (Lipinski definition) is 1. The van der Waals surface area contributed by atoms with E-state index in [4.69, 9.17) is 0 Å². The number of anilines is 1. The van der Waals surface area contributed by atoms with Crippen molar-refractivity contribution in [2.45, 2.75) is 18.9 Å². The van der Waals surface area contributed by atoms with Crippen molar-refractivity contribution >= 4 is 28.7 Å². The van der Waals surface area contributed by atoms with Gasteiger partial charge in [-0.3, -0.25) is 0 Å². The Bertz CT molecular complexity index is 511. The van der Waals surface area contributed by atoms with E-state index in [0.29, 0.717) is 12.0 Å². The molecule has 0 spiro atoms. The highest BCUT2D eigenvalue weighted by Crippen LogP contribution is 2.19. The van der Waals surface area contributed by atoms with Crippen LogP contribution < -0.4 is 5.32 Å². The lowest BCUT2D eigenvalue weighted by molar-refractivity contribution is 0.658. The van der Waals surface area contributed by atoms with Gasteiger partial charge in [0.05, 0.1) is 5.52 Å². The first kappa shape index (κ1) is 10.8. The first-order valence-corrected chi connectivity index (χ1v) is 7.01. The molecule has 2 aromatic rings. The smallest absolute Gasteiger partial charge is 0.243 e. The first-order chi connectivity index (χ1) is 8.42. The van der Waals surface area contributed by atoms with Crippen LogP contribution in [0.1, 0.15) is 12.8 Å². The van der Waals surface area contributed by atoms with Gasteiger partial charge in [0.25, 0.3) is 0 Å². The third kappa shape index (κ3) is 2.49. The number of nitrogens with zero attached hydrogens (tertiary/aromatic N) is 3. The van der Waals surface area contributed by atoms with Crippen molar-refractivity contribution in [3.63, 3.8) is 0 Å². The summed E-state index contributed by atoms with van der Waals surface area (Å²) in [5.41, 5.74) is 1.74. The monoisotopic (exact) mass is 246 g/mol. The van der Waals surface area contributed by atoms with Crippen LogP contribution in [-0.2, 0) is 0 Å². The molecule has 3 rings (SSSR count). The molecule has 0 saturated carbocycles. The fourth-order valence-electron chi connectivity index (χ4n) is 1.97. The van der Waals surface area contributed by atoms with Gasteiger partial charge in [0.2, 0.25) is 5.95 Å². The summed E-state index contributed by atoms with van der Waals surface area (Å²) in [7, 11) is 0. The Balaban J connectivity index is 1.80. The van der Waals surface area contributed by atoms with Crippen LogP contribution in [0.4, 0.5) is 5.95 Å². The second-order valence-corrected chi connectivity index (χ2v) is 5.38. The fourth-order valence-corrected chi connectivity index (χ4v) is 3.07. The molecule has 1 aromatic heterocycles. The van der Waals surface area contributed by atoms with E-state index in [1.54, 1.807) is 0 Å². The van der Waals surface area contributed by atoms with Crippen LogP contribution in [0, 0.1) is 0 Å². The number of benzene rings is 1. The molecule has 1 aliphatic heterocycles. The zero-order valence-electron chi connectivity index (χ0n) is 9.47. The molecule has 0 atom stereocenters. The second kappa shape index (κ2) is 4.87. The summed E-state index contributed by atoms with van der Waals surface area (Å²) >= 11 is 2.02. The van der Waals surface area contributed by atoms with E-state index >= 15 is 0 Å². The summed E-state index contributed by atoms with van der Waals surface area (Å²) < 4.78 is 0. The average Bonchev–Trinajstić information content (AvgIpc) is 2.40. The molecular weight excluding hydrogens is 232 g/mol. The molecule has 2 heterocycles. The van der Waals surface area contributed by atoms with E-state index in [-0.39, 0.29) is 0 Å². The van der Waals surface area contributed by atoms with Crippen molar-refractivity contribution in [2.75, 3.05) is 16.8 Å². The van der Waals surface area contributed by atoms with Gasteiger partial charge in [-0.2, -0.15) is 11.8 Å². The lowest BCUT2D eigenvalue weighted by Crippen LogP contribution is -2.25. The van der Waals surface area contributed by atoms with Crippen LogP contribution in [-0.4, -0.2) is 32.7 Å². The van der Waals surface area contributed by atoms with Gasteiger partial charge in [0.1, 0.15) is 5.52 Å². The molecule has 88 valence electrons.